The number of rotatable bonds is 12. The first-order valence-corrected chi connectivity index (χ1v) is 18.9. The zero-order chi connectivity index (χ0) is 36.9. The van der Waals surface area contributed by atoms with Crippen LogP contribution in [0.4, 0.5) is 11.4 Å². The van der Waals surface area contributed by atoms with Crippen LogP contribution in [-0.4, -0.2) is 76.6 Å². The highest BCUT2D eigenvalue weighted by molar-refractivity contribution is 5.95. The van der Waals surface area contributed by atoms with Gasteiger partial charge in [0.25, 0.3) is 0 Å². The summed E-state index contributed by atoms with van der Waals surface area (Å²) in [7, 11) is 1.90. The van der Waals surface area contributed by atoms with Gasteiger partial charge in [-0.05, 0) is 79.8 Å². The average molecular weight is 729 g/mol. The first kappa shape index (κ1) is 35.4. The van der Waals surface area contributed by atoms with Gasteiger partial charge in [0.2, 0.25) is 11.8 Å². The summed E-state index contributed by atoms with van der Waals surface area (Å²) < 4.78 is 9.82. The standard InChI is InChI=1S/C40H45N11O3/c1-48-19-14-31(47-48)27-50-20-15-33(22-37(50)40(53)46-32-23-42-38(43-24-32)28-8-9-28)51-21-16-35(25-44-51)54-34-12-10-29(11-13-34)45-39(52)36-7-3-5-18-49(36)26-30-6-2-4-17-41-30/h2,4,6,10-14,16-17,19,21,23-25,28,33,36-37H,3,5,7-9,15,18,20,22,26-27H2,1H3,(H-,45,46,52,53)/p+1/t33?,36-,37-/m1/s1. The lowest BCUT2D eigenvalue weighted by molar-refractivity contribution is -0.780. The Labute approximate surface area is 314 Å². The maximum absolute atomic E-state index is 13.8. The Morgan fingerprint density at radius 1 is 0.778 bits per heavy atom. The molecule has 14 nitrogen and oxygen atoms in total. The van der Waals surface area contributed by atoms with Crippen molar-refractivity contribution in [3.05, 3.63) is 109 Å². The van der Waals surface area contributed by atoms with Gasteiger partial charge in [-0.1, -0.05) is 17.2 Å². The summed E-state index contributed by atoms with van der Waals surface area (Å²) in [5.41, 5.74) is 3.20. The van der Waals surface area contributed by atoms with E-state index in [1.165, 1.54) is 0 Å². The van der Waals surface area contributed by atoms with E-state index < -0.39 is 6.04 Å². The molecule has 1 aliphatic carbocycles. The molecule has 0 bridgehead atoms. The van der Waals surface area contributed by atoms with E-state index in [-0.39, 0.29) is 23.9 Å². The molecule has 2 amide bonds. The fourth-order valence-electron chi connectivity index (χ4n) is 7.41. The van der Waals surface area contributed by atoms with Crippen molar-refractivity contribution in [1.29, 1.82) is 0 Å². The molecule has 2 aliphatic heterocycles. The van der Waals surface area contributed by atoms with Gasteiger partial charge in [-0.2, -0.15) is 5.10 Å². The van der Waals surface area contributed by atoms with Crippen molar-refractivity contribution >= 4 is 23.2 Å². The summed E-state index contributed by atoms with van der Waals surface area (Å²) in [6.07, 6.45) is 17.3. The number of aryl methyl sites for hydroxylation is 1. The molecular weight excluding hydrogens is 683 g/mol. The molecule has 1 unspecified atom stereocenters. The number of amides is 2. The second-order valence-electron chi connectivity index (χ2n) is 14.5. The van der Waals surface area contributed by atoms with E-state index in [1.54, 1.807) is 29.5 Å². The lowest BCUT2D eigenvalue weighted by Crippen LogP contribution is -2.55. The molecule has 4 aromatic heterocycles. The molecule has 6 heterocycles. The van der Waals surface area contributed by atoms with Gasteiger partial charge in [0.05, 0.1) is 41.6 Å². The number of aromatic nitrogens is 7. The maximum Gasteiger partial charge on any atom is 0.242 e. The summed E-state index contributed by atoms with van der Waals surface area (Å²) in [5.74, 6) is 2.42. The van der Waals surface area contributed by atoms with Gasteiger partial charge in [0.15, 0.2) is 18.0 Å². The molecule has 2 saturated heterocycles. The number of nitrogens with zero attached hydrogens (tertiary/aromatic N) is 9. The monoisotopic (exact) mass is 728 g/mol. The summed E-state index contributed by atoms with van der Waals surface area (Å²) in [6, 6.07) is 16.6. The van der Waals surface area contributed by atoms with E-state index in [4.69, 9.17) is 9.84 Å². The third-order valence-electron chi connectivity index (χ3n) is 10.5. The third kappa shape index (κ3) is 8.77. The Morgan fingerprint density at radius 3 is 2.28 bits per heavy atom. The van der Waals surface area contributed by atoms with E-state index in [0.29, 0.717) is 49.2 Å². The van der Waals surface area contributed by atoms with Gasteiger partial charge in [-0.25, -0.2) is 9.97 Å². The highest BCUT2D eigenvalue weighted by Gasteiger charge is 2.39. The lowest BCUT2D eigenvalue weighted by atomic mass is 9.96. The minimum absolute atomic E-state index is 0.00468. The number of carbonyl (C=O) groups is 2. The fraction of sp³-hybridized carbons (Fsp3) is 0.400. The topological polar surface area (TPSA) is 147 Å². The SMILES string of the molecule is Cn1ccc(CN2CCC([n+]3ccc(Oc4ccc(NC(=O)[C@H]5CCCCN5Cc5ccccn5)cc4)cn3)C[C@@H]2C(=O)Nc2cnc(C3CC3)nc2)n1. The molecule has 5 aromatic rings. The molecule has 8 rings (SSSR count). The van der Waals surface area contributed by atoms with Gasteiger partial charge in [-0.15, -0.1) is 0 Å². The molecule has 1 aromatic carbocycles. The van der Waals surface area contributed by atoms with E-state index in [2.05, 4.69) is 40.5 Å². The largest absolute Gasteiger partial charge is 0.455 e. The molecule has 0 radical (unpaired) electrons. The molecule has 0 spiro atoms. The lowest BCUT2D eigenvalue weighted by Gasteiger charge is -2.35. The van der Waals surface area contributed by atoms with E-state index in [0.717, 1.165) is 68.0 Å². The van der Waals surface area contributed by atoms with E-state index in [9.17, 15) is 9.59 Å². The number of hydrogen-bond acceptors (Lipinski definition) is 10. The number of carbonyl (C=O) groups excluding carboxylic acids is 2. The molecule has 278 valence electrons. The highest BCUT2D eigenvalue weighted by atomic mass is 16.5. The number of nitrogens with one attached hydrogen (secondary N) is 2. The van der Waals surface area contributed by atoms with Crippen LogP contribution in [0.15, 0.2) is 91.8 Å². The number of piperidine rings is 2. The smallest absolute Gasteiger partial charge is 0.242 e. The van der Waals surface area contributed by atoms with Crippen molar-refractivity contribution < 1.29 is 19.0 Å². The molecule has 2 N–H and O–H groups in total. The van der Waals surface area contributed by atoms with Gasteiger partial charge < -0.3 is 15.4 Å². The summed E-state index contributed by atoms with van der Waals surface area (Å²) >= 11 is 0. The predicted molar refractivity (Wildman–Crippen MR) is 200 cm³/mol. The fourth-order valence-corrected chi connectivity index (χ4v) is 7.41. The number of ether oxygens (including phenoxy) is 1. The quantitative estimate of drug-likeness (QED) is 0.172. The molecule has 1 saturated carbocycles. The number of hydrogen-bond donors (Lipinski definition) is 2. The minimum atomic E-state index is -0.403. The number of likely N-dealkylation sites (tertiary alicyclic amines) is 2. The van der Waals surface area contributed by atoms with Gasteiger partial charge in [-0.3, -0.25) is 29.1 Å². The van der Waals surface area contributed by atoms with Crippen LogP contribution in [0.2, 0.25) is 0 Å². The molecule has 14 heteroatoms. The van der Waals surface area contributed by atoms with Gasteiger partial charge in [0, 0.05) is 69.6 Å². The maximum atomic E-state index is 13.8. The molecule has 3 atom stereocenters. The molecular formula is C40H46N11O3+. The number of pyridine rings is 1. The second kappa shape index (κ2) is 16.2. The van der Waals surface area contributed by atoms with Crippen molar-refractivity contribution in [3.63, 3.8) is 0 Å². The predicted octanol–water partition coefficient (Wildman–Crippen LogP) is 4.79. The first-order chi connectivity index (χ1) is 26.4. The zero-order valence-electron chi connectivity index (χ0n) is 30.5. The summed E-state index contributed by atoms with van der Waals surface area (Å²) in [4.78, 5) is 44.9. The van der Waals surface area contributed by atoms with Crippen LogP contribution >= 0.6 is 0 Å². The van der Waals surface area contributed by atoms with E-state index >= 15 is 0 Å². The summed E-state index contributed by atoms with van der Waals surface area (Å²) in [6.45, 7) is 2.80. The van der Waals surface area contributed by atoms with Gasteiger partial charge in [0.1, 0.15) is 17.8 Å². The van der Waals surface area contributed by atoms with Crippen molar-refractivity contribution in [2.45, 2.75) is 82.1 Å². The van der Waals surface area contributed by atoms with Crippen molar-refractivity contribution in [3.8, 4) is 11.5 Å². The van der Waals surface area contributed by atoms with Crippen LogP contribution in [0.25, 0.3) is 0 Å². The third-order valence-corrected chi connectivity index (χ3v) is 10.5. The average Bonchev–Trinajstić information content (AvgIpc) is 3.97. The second-order valence-corrected chi connectivity index (χ2v) is 14.5. The van der Waals surface area contributed by atoms with Crippen LogP contribution in [-0.2, 0) is 29.7 Å². The Morgan fingerprint density at radius 2 is 1.56 bits per heavy atom. The Kier molecular flexibility index (Phi) is 10.6. The van der Waals surface area contributed by atoms with Crippen LogP contribution < -0.4 is 20.1 Å². The van der Waals surface area contributed by atoms with Crippen LogP contribution in [0.5, 0.6) is 11.5 Å². The van der Waals surface area contributed by atoms with Crippen molar-refractivity contribution in [2.24, 2.45) is 7.05 Å². The normalized spacial score (nSPS) is 20.6. The Hall–Kier alpha value is -5.60. The number of anilines is 2. The molecule has 3 fully saturated rings. The van der Waals surface area contributed by atoms with Crippen LogP contribution in [0, 0.1) is 0 Å². The van der Waals surface area contributed by atoms with E-state index in [1.807, 2.05) is 78.7 Å². The first-order valence-electron chi connectivity index (χ1n) is 18.9. The minimum Gasteiger partial charge on any atom is -0.455 e. The Balaban J connectivity index is 0.879. The van der Waals surface area contributed by atoms with Crippen molar-refractivity contribution in [1.82, 2.24) is 39.6 Å². The summed E-state index contributed by atoms with van der Waals surface area (Å²) in [5, 5.41) is 15.4. The molecule has 54 heavy (non-hydrogen) atoms. The highest BCUT2D eigenvalue weighted by Crippen LogP contribution is 2.38. The number of benzene rings is 1. The zero-order valence-corrected chi connectivity index (χ0v) is 30.5. The van der Waals surface area contributed by atoms with Crippen LogP contribution in [0.3, 0.4) is 0 Å². The van der Waals surface area contributed by atoms with Crippen LogP contribution in [0.1, 0.15) is 74.1 Å². The van der Waals surface area contributed by atoms with Crippen molar-refractivity contribution in [2.75, 3.05) is 23.7 Å². The molecule has 3 aliphatic rings. The van der Waals surface area contributed by atoms with Gasteiger partial charge >= 0.3 is 0 Å². The Bertz CT molecular complexity index is 2020.